The van der Waals surface area contributed by atoms with E-state index in [9.17, 15) is 14.4 Å². The molecule has 2 aromatic carbocycles. The molecule has 6 nitrogen and oxygen atoms in total. The maximum atomic E-state index is 13.0. The van der Waals surface area contributed by atoms with Crippen LogP contribution in [0, 0.1) is 6.92 Å². The van der Waals surface area contributed by atoms with Crippen molar-refractivity contribution in [2.24, 2.45) is 0 Å². The van der Waals surface area contributed by atoms with Crippen LogP contribution in [0.5, 0.6) is 0 Å². The number of piperidine rings is 1. The Labute approximate surface area is 203 Å². The maximum absolute atomic E-state index is 13.0. The summed E-state index contributed by atoms with van der Waals surface area (Å²) in [5.41, 5.74) is 2.19. The topological polar surface area (TPSA) is 69.7 Å². The molecule has 174 valence electrons. The summed E-state index contributed by atoms with van der Waals surface area (Å²) in [7, 11) is 0. The molecule has 8 heteroatoms. The van der Waals surface area contributed by atoms with Crippen molar-refractivity contribution in [3.05, 3.63) is 69.2 Å². The van der Waals surface area contributed by atoms with E-state index in [1.54, 1.807) is 23.1 Å². The normalized spacial score (nSPS) is 18.9. The molecule has 0 saturated carbocycles. The first kappa shape index (κ1) is 23.6. The Balaban J connectivity index is 1.33. The van der Waals surface area contributed by atoms with E-state index in [2.05, 4.69) is 5.32 Å². The second-order valence-electron chi connectivity index (χ2n) is 8.76. The highest BCUT2D eigenvalue weighted by atomic mass is 35.5. The minimum Gasteiger partial charge on any atom is -0.351 e. The number of likely N-dealkylation sites (tertiary alicyclic amines) is 2. The van der Waals surface area contributed by atoms with Gasteiger partial charge in [-0.1, -0.05) is 40.9 Å². The molecule has 2 aromatic rings. The van der Waals surface area contributed by atoms with Crippen LogP contribution >= 0.6 is 23.2 Å². The highest BCUT2D eigenvalue weighted by Gasteiger charge is 2.36. The predicted molar refractivity (Wildman–Crippen MR) is 129 cm³/mol. The van der Waals surface area contributed by atoms with E-state index >= 15 is 0 Å². The number of nitrogens with zero attached hydrogens (tertiary/aromatic N) is 2. The minimum atomic E-state index is -0.512. The monoisotopic (exact) mass is 487 g/mol. The molecule has 0 bridgehead atoms. The molecule has 33 heavy (non-hydrogen) atoms. The van der Waals surface area contributed by atoms with Crippen molar-refractivity contribution >= 4 is 40.9 Å². The molecule has 0 aliphatic carbocycles. The van der Waals surface area contributed by atoms with E-state index in [-0.39, 0.29) is 23.8 Å². The number of rotatable bonds is 4. The summed E-state index contributed by atoms with van der Waals surface area (Å²) >= 11 is 12.1. The molecule has 0 aromatic heterocycles. The smallest absolute Gasteiger partial charge is 0.254 e. The van der Waals surface area contributed by atoms with Crippen LogP contribution < -0.4 is 5.32 Å². The van der Waals surface area contributed by atoms with Crippen molar-refractivity contribution in [1.29, 1.82) is 0 Å². The SMILES string of the molecule is Cc1ccc(C(=O)N2CCC(NC(=O)C3CCCN3C(=O)c3cc(Cl)cc(Cl)c3)CC2)cc1. The number of halogens is 2. The van der Waals surface area contributed by atoms with Crippen LogP contribution in [0.1, 0.15) is 52.0 Å². The van der Waals surface area contributed by atoms with Crippen LogP contribution in [0.25, 0.3) is 0 Å². The van der Waals surface area contributed by atoms with Gasteiger partial charge in [-0.15, -0.1) is 0 Å². The number of hydrogen-bond acceptors (Lipinski definition) is 3. The standard InChI is InChI=1S/C25H27Cl2N3O3/c1-16-4-6-17(7-5-16)24(32)29-11-8-21(9-12-29)28-23(31)22-3-2-10-30(22)25(33)18-13-19(26)15-20(27)14-18/h4-7,13-15,21-22H,2-3,8-12H2,1H3,(H,28,31). The van der Waals surface area contributed by atoms with Crippen molar-refractivity contribution in [1.82, 2.24) is 15.1 Å². The summed E-state index contributed by atoms with van der Waals surface area (Å²) in [6.45, 7) is 3.69. The molecular formula is C25H27Cl2N3O3. The Hall–Kier alpha value is -2.57. The van der Waals surface area contributed by atoms with Gasteiger partial charge in [0.2, 0.25) is 5.91 Å². The second-order valence-corrected chi connectivity index (χ2v) is 9.63. The van der Waals surface area contributed by atoms with E-state index in [0.717, 1.165) is 12.0 Å². The summed E-state index contributed by atoms with van der Waals surface area (Å²) in [4.78, 5) is 42.2. The van der Waals surface area contributed by atoms with Crippen LogP contribution in [0.4, 0.5) is 0 Å². The summed E-state index contributed by atoms with van der Waals surface area (Å²) in [6, 6.07) is 11.8. The lowest BCUT2D eigenvalue weighted by atomic mass is 10.0. The van der Waals surface area contributed by atoms with Crippen LogP contribution in [-0.4, -0.2) is 59.2 Å². The third-order valence-electron chi connectivity index (χ3n) is 6.35. The molecule has 1 N–H and O–H groups in total. The lowest BCUT2D eigenvalue weighted by Crippen LogP contribution is -2.52. The first-order valence-electron chi connectivity index (χ1n) is 11.2. The Kier molecular flexibility index (Phi) is 7.25. The fourth-order valence-corrected chi connectivity index (χ4v) is 5.05. The van der Waals surface area contributed by atoms with Gasteiger partial charge < -0.3 is 15.1 Å². The van der Waals surface area contributed by atoms with E-state index in [0.29, 0.717) is 60.1 Å². The Morgan fingerprint density at radius 2 is 1.48 bits per heavy atom. The van der Waals surface area contributed by atoms with Gasteiger partial charge >= 0.3 is 0 Å². The molecular weight excluding hydrogens is 461 g/mol. The fraction of sp³-hybridized carbons (Fsp3) is 0.400. The van der Waals surface area contributed by atoms with Gasteiger partial charge in [-0.05, 0) is 62.9 Å². The second kappa shape index (κ2) is 10.1. The van der Waals surface area contributed by atoms with E-state index in [4.69, 9.17) is 23.2 Å². The Bertz CT molecular complexity index is 1030. The molecule has 3 amide bonds. The average molecular weight is 488 g/mol. The molecule has 0 radical (unpaired) electrons. The van der Waals surface area contributed by atoms with Crippen molar-refractivity contribution in [3.63, 3.8) is 0 Å². The lowest BCUT2D eigenvalue weighted by Gasteiger charge is -2.34. The number of benzene rings is 2. The fourth-order valence-electron chi connectivity index (χ4n) is 4.53. The Morgan fingerprint density at radius 1 is 0.848 bits per heavy atom. The zero-order valence-electron chi connectivity index (χ0n) is 18.5. The summed E-state index contributed by atoms with van der Waals surface area (Å²) < 4.78 is 0. The minimum absolute atomic E-state index is 0.0160. The average Bonchev–Trinajstić information content (AvgIpc) is 3.28. The van der Waals surface area contributed by atoms with Gasteiger partial charge in [-0.3, -0.25) is 14.4 Å². The molecule has 2 aliphatic heterocycles. The number of carbonyl (C=O) groups is 3. The quantitative estimate of drug-likeness (QED) is 0.697. The molecule has 2 saturated heterocycles. The maximum Gasteiger partial charge on any atom is 0.254 e. The van der Waals surface area contributed by atoms with Gasteiger partial charge in [0.25, 0.3) is 11.8 Å². The highest BCUT2D eigenvalue weighted by Crippen LogP contribution is 2.25. The third kappa shape index (κ3) is 5.50. The molecule has 0 spiro atoms. The van der Waals surface area contributed by atoms with E-state index in [1.165, 1.54) is 0 Å². The molecule has 2 aliphatic rings. The predicted octanol–water partition coefficient (Wildman–Crippen LogP) is 4.33. The third-order valence-corrected chi connectivity index (χ3v) is 6.79. The first-order valence-corrected chi connectivity index (χ1v) is 12.0. The summed E-state index contributed by atoms with van der Waals surface area (Å²) in [6.07, 6.45) is 2.76. The number of aryl methyl sites for hydroxylation is 1. The summed E-state index contributed by atoms with van der Waals surface area (Å²) in [5.74, 6) is -0.361. The van der Waals surface area contributed by atoms with Gasteiger partial charge in [0.15, 0.2) is 0 Å². The summed E-state index contributed by atoms with van der Waals surface area (Å²) in [5, 5.41) is 3.88. The molecule has 2 fully saturated rings. The number of carbonyl (C=O) groups excluding carboxylic acids is 3. The van der Waals surface area contributed by atoms with Crippen LogP contribution in [0.2, 0.25) is 10.0 Å². The number of nitrogens with one attached hydrogen (secondary N) is 1. The van der Waals surface area contributed by atoms with Crippen LogP contribution in [-0.2, 0) is 4.79 Å². The van der Waals surface area contributed by atoms with Gasteiger partial charge in [0.1, 0.15) is 6.04 Å². The molecule has 2 heterocycles. The Morgan fingerprint density at radius 3 is 2.12 bits per heavy atom. The van der Waals surface area contributed by atoms with Crippen molar-refractivity contribution in [2.45, 2.75) is 44.7 Å². The van der Waals surface area contributed by atoms with Gasteiger partial charge in [-0.25, -0.2) is 0 Å². The van der Waals surface area contributed by atoms with Crippen LogP contribution in [0.15, 0.2) is 42.5 Å². The highest BCUT2D eigenvalue weighted by molar-refractivity contribution is 6.35. The van der Waals surface area contributed by atoms with Gasteiger partial charge in [-0.2, -0.15) is 0 Å². The zero-order valence-corrected chi connectivity index (χ0v) is 20.0. The zero-order chi connectivity index (χ0) is 23.5. The van der Waals surface area contributed by atoms with Crippen molar-refractivity contribution < 1.29 is 14.4 Å². The molecule has 4 rings (SSSR count). The number of amides is 3. The van der Waals surface area contributed by atoms with E-state index in [1.807, 2.05) is 36.1 Å². The largest absolute Gasteiger partial charge is 0.351 e. The first-order chi connectivity index (χ1) is 15.8. The van der Waals surface area contributed by atoms with E-state index < -0.39 is 6.04 Å². The molecule has 1 atom stereocenters. The van der Waals surface area contributed by atoms with Crippen LogP contribution in [0.3, 0.4) is 0 Å². The van der Waals surface area contributed by atoms with Crippen molar-refractivity contribution in [3.8, 4) is 0 Å². The van der Waals surface area contributed by atoms with Crippen molar-refractivity contribution in [2.75, 3.05) is 19.6 Å². The van der Waals surface area contributed by atoms with Gasteiger partial charge in [0.05, 0.1) is 0 Å². The lowest BCUT2D eigenvalue weighted by molar-refractivity contribution is -0.125. The number of hydrogen-bond donors (Lipinski definition) is 1. The molecule has 1 unspecified atom stereocenters. The van der Waals surface area contributed by atoms with Gasteiger partial charge in [0, 0.05) is 46.8 Å².